The SMILES string of the molecule is Cc1ccccc1Cl.Cl. The standard InChI is InChI=1S/C7H7Cl.ClH/c1-6-4-2-3-5-7(6)8;/h2-5H,1H3;1H. The van der Waals surface area contributed by atoms with Crippen molar-refractivity contribution in [2.45, 2.75) is 6.92 Å². The number of benzene rings is 1. The van der Waals surface area contributed by atoms with Crippen LogP contribution in [0.1, 0.15) is 5.56 Å². The zero-order valence-electron chi connectivity index (χ0n) is 5.10. The van der Waals surface area contributed by atoms with Gasteiger partial charge in [-0.05, 0) is 18.6 Å². The van der Waals surface area contributed by atoms with Gasteiger partial charge in [0.15, 0.2) is 0 Å². The lowest BCUT2D eigenvalue weighted by atomic mass is 10.2. The van der Waals surface area contributed by atoms with E-state index in [9.17, 15) is 0 Å². The van der Waals surface area contributed by atoms with Crippen molar-refractivity contribution in [3.8, 4) is 0 Å². The Bertz CT molecular complexity index is 163. The van der Waals surface area contributed by atoms with Crippen molar-refractivity contribution in [2.24, 2.45) is 0 Å². The zero-order chi connectivity index (χ0) is 5.98. The number of hydrogen-bond donors (Lipinski definition) is 0. The van der Waals surface area contributed by atoms with Crippen molar-refractivity contribution in [3.63, 3.8) is 0 Å². The summed E-state index contributed by atoms with van der Waals surface area (Å²) in [5.41, 5.74) is 1.13. The molecule has 0 spiro atoms. The van der Waals surface area contributed by atoms with Crippen molar-refractivity contribution >= 4 is 24.0 Å². The lowest BCUT2D eigenvalue weighted by Crippen LogP contribution is -1.68. The molecule has 0 atom stereocenters. The van der Waals surface area contributed by atoms with Crippen LogP contribution in [0.3, 0.4) is 0 Å². The van der Waals surface area contributed by atoms with Gasteiger partial charge in [0.1, 0.15) is 0 Å². The highest BCUT2D eigenvalue weighted by atomic mass is 35.5. The fraction of sp³-hybridized carbons (Fsp3) is 0.143. The molecule has 0 saturated heterocycles. The molecule has 9 heavy (non-hydrogen) atoms. The van der Waals surface area contributed by atoms with Crippen LogP contribution in [-0.4, -0.2) is 0 Å². The molecule has 0 radical (unpaired) electrons. The first kappa shape index (κ1) is 8.80. The number of hydrogen-bond acceptors (Lipinski definition) is 0. The predicted molar refractivity (Wildman–Crippen MR) is 43.4 cm³/mol. The minimum Gasteiger partial charge on any atom is -0.147 e. The van der Waals surface area contributed by atoms with Gasteiger partial charge < -0.3 is 0 Å². The summed E-state index contributed by atoms with van der Waals surface area (Å²) in [4.78, 5) is 0. The Labute approximate surface area is 66.3 Å². The van der Waals surface area contributed by atoms with Crippen LogP contribution in [0.25, 0.3) is 0 Å². The lowest BCUT2D eigenvalue weighted by Gasteiger charge is -1.90. The first-order valence-corrected chi connectivity index (χ1v) is 2.89. The summed E-state index contributed by atoms with van der Waals surface area (Å²) in [5.74, 6) is 0. The Morgan fingerprint density at radius 1 is 1.22 bits per heavy atom. The quantitative estimate of drug-likeness (QED) is 0.551. The summed E-state index contributed by atoms with van der Waals surface area (Å²) in [5, 5.41) is 0.840. The zero-order valence-corrected chi connectivity index (χ0v) is 6.67. The third-order valence-electron chi connectivity index (χ3n) is 1.08. The monoisotopic (exact) mass is 162 g/mol. The maximum absolute atomic E-state index is 5.71. The summed E-state index contributed by atoms with van der Waals surface area (Å²) in [7, 11) is 0. The molecular formula is C7H8Cl2. The van der Waals surface area contributed by atoms with E-state index in [0.717, 1.165) is 10.6 Å². The van der Waals surface area contributed by atoms with Gasteiger partial charge in [-0.3, -0.25) is 0 Å². The number of rotatable bonds is 0. The molecule has 0 aliphatic rings. The number of halogens is 2. The third kappa shape index (κ3) is 2.25. The highest BCUT2D eigenvalue weighted by Gasteiger charge is 1.86. The average molecular weight is 163 g/mol. The van der Waals surface area contributed by atoms with Crippen molar-refractivity contribution < 1.29 is 0 Å². The fourth-order valence-corrected chi connectivity index (χ4v) is 0.687. The Balaban J connectivity index is 0.000000640. The fourth-order valence-electron chi connectivity index (χ4n) is 0.551. The summed E-state index contributed by atoms with van der Waals surface area (Å²) >= 11 is 5.71. The van der Waals surface area contributed by atoms with Crippen molar-refractivity contribution in [2.75, 3.05) is 0 Å². The second-order valence-electron chi connectivity index (χ2n) is 1.75. The highest BCUT2D eigenvalue weighted by molar-refractivity contribution is 6.31. The van der Waals surface area contributed by atoms with Gasteiger partial charge >= 0.3 is 0 Å². The third-order valence-corrected chi connectivity index (χ3v) is 1.50. The van der Waals surface area contributed by atoms with Gasteiger partial charge in [-0.15, -0.1) is 12.4 Å². The van der Waals surface area contributed by atoms with Crippen molar-refractivity contribution in [1.82, 2.24) is 0 Å². The van der Waals surface area contributed by atoms with E-state index in [1.807, 2.05) is 31.2 Å². The lowest BCUT2D eigenvalue weighted by molar-refractivity contribution is 1.47. The molecule has 0 fully saturated rings. The Morgan fingerprint density at radius 3 is 2.11 bits per heavy atom. The molecule has 0 aromatic heterocycles. The maximum Gasteiger partial charge on any atom is 0.0435 e. The first-order valence-electron chi connectivity index (χ1n) is 2.52. The minimum absolute atomic E-state index is 0. The molecule has 0 bridgehead atoms. The Kier molecular flexibility index (Phi) is 3.67. The van der Waals surface area contributed by atoms with E-state index in [4.69, 9.17) is 11.6 Å². The van der Waals surface area contributed by atoms with Gasteiger partial charge in [0, 0.05) is 5.02 Å². The van der Waals surface area contributed by atoms with Gasteiger partial charge in [0.25, 0.3) is 0 Å². The Morgan fingerprint density at radius 2 is 1.78 bits per heavy atom. The number of aryl methyl sites for hydroxylation is 1. The van der Waals surface area contributed by atoms with Crippen LogP contribution in [-0.2, 0) is 0 Å². The van der Waals surface area contributed by atoms with Gasteiger partial charge in [0.2, 0.25) is 0 Å². The van der Waals surface area contributed by atoms with Crippen LogP contribution in [0.2, 0.25) is 5.02 Å². The van der Waals surface area contributed by atoms with E-state index < -0.39 is 0 Å². The van der Waals surface area contributed by atoms with Crippen LogP contribution in [0, 0.1) is 6.92 Å². The summed E-state index contributed by atoms with van der Waals surface area (Å²) < 4.78 is 0. The maximum atomic E-state index is 5.71. The van der Waals surface area contributed by atoms with E-state index in [0.29, 0.717) is 0 Å². The second kappa shape index (κ2) is 3.76. The summed E-state index contributed by atoms with van der Waals surface area (Å²) in [6.07, 6.45) is 0. The Hall–Kier alpha value is -0.200. The molecule has 1 aromatic rings. The largest absolute Gasteiger partial charge is 0.147 e. The molecule has 0 aliphatic carbocycles. The van der Waals surface area contributed by atoms with E-state index in [2.05, 4.69) is 0 Å². The molecule has 0 nitrogen and oxygen atoms in total. The van der Waals surface area contributed by atoms with Crippen LogP contribution in [0.5, 0.6) is 0 Å². The molecule has 0 saturated carbocycles. The predicted octanol–water partition coefficient (Wildman–Crippen LogP) is 3.07. The molecule has 0 unspecified atom stereocenters. The van der Waals surface area contributed by atoms with E-state index in [1.54, 1.807) is 0 Å². The van der Waals surface area contributed by atoms with E-state index in [1.165, 1.54) is 0 Å². The molecule has 50 valence electrons. The topological polar surface area (TPSA) is 0 Å². The van der Waals surface area contributed by atoms with E-state index in [-0.39, 0.29) is 12.4 Å². The van der Waals surface area contributed by atoms with E-state index >= 15 is 0 Å². The van der Waals surface area contributed by atoms with Crippen LogP contribution < -0.4 is 0 Å². The minimum atomic E-state index is 0. The molecular weight excluding hydrogens is 155 g/mol. The van der Waals surface area contributed by atoms with Gasteiger partial charge in [-0.2, -0.15) is 0 Å². The van der Waals surface area contributed by atoms with Gasteiger partial charge in [-0.25, -0.2) is 0 Å². The average Bonchev–Trinajstić information content (AvgIpc) is 1.77. The molecule has 1 aromatic carbocycles. The molecule has 0 N–H and O–H groups in total. The van der Waals surface area contributed by atoms with Crippen molar-refractivity contribution in [1.29, 1.82) is 0 Å². The van der Waals surface area contributed by atoms with Crippen LogP contribution >= 0.6 is 24.0 Å². The van der Waals surface area contributed by atoms with Crippen LogP contribution in [0.15, 0.2) is 24.3 Å². The molecule has 0 aliphatic heterocycles. The normalized spacial score (nSPS) is 8.22. The smallest absolute Gasteiger partial charge is 0.0435 e. The molecule has 2 heteroatoms. The van der Waals surface area contributed by atoms with Gasteiger partial charge in [-0.1, -0.05) is 29.8 Å². The molecule has 0 amide bonds. The highest BCUT2D eigenvalue weighted by Crippen LogP contribution is 2.11. The summed E-state index contributed by atoms with van der Waals surface area (Å²) in [6, 6.07) is 7.77. The second-order valence-corrected chi connectivity index (χ2v) is 2.16. The molecule has 0 heterocycles. The van der Waals surface area contributed by atoms with Crippen molar-refractivity contribution in [3.05, 3.63) is 34.9 Å². The van der Waals surface area contributed by atoms with Gasteiger partial charge in [0.05, 0.1) is 0 Å². The first-order chi connectivity index (χ1) is 3.80. The van der Waals surface area contributed by atoms with Crippen LogP contribution in [0.4, 0.5) is 0 Å². The molecule has 1 rings (SSSR count). The summed E-state index contributed by atoms with van der Waals surface area (Å²) in [6.45, 7) is 1.99.